The average Bonchev–Trinajstić information content (AvgIpc) is 2.82. The topological polar surface area (TPSA) is 37.8 Å². The van der Waals surface area contributed by atoms with Crippen molar-refractivity contribution in [2.45, 2.75) is 52.0 Å². The van der Waals surface area contributed by atoms with E-state index in [1.807, 2.05) is 11.4 Å². The molecule has 0 aliphatic heterocycles. The molecule has 2 heterocycles. The number of anilines is 1. The first-order valence-electron chi connectivity index (χ1n) is 6.88. The van der Waals surface area contributed by atoms with Crippen molar-refractivity contribution in [3.8, 4) is 0 Å². The van der Waals surface area contributed by atoms with Gasteiger partial charge in [-0.3, -0.25) is 0 Å². The second-order valence-corrected chi connectivity index (χ2v) is 6.11. The molecule has 3 nitrogen and oxygen atoms in total. The van der Waals surface area contributed by atoms with Gasteiger partial charge in [0, 0.05) is 6.04 Å². The molecule has 1 N–H and O–H groups in total. The smallest absolute Gasteiger partial charge is 0.225 e. The minimum Gasteiger partial charge on any atom is -0.367 e. The van der Waals surface area contributed by atoms with Crippen molar-refractivity contribution in [2.75, 3.05) is 5.32 Å². The lowest BCUT2D eigenvalue weighted by Gasteiger charge is -2.15. The van der Waals surface area contributed by atoms with Gasteiger partial charge in [-0.05, 0) is 36.4 Å². The van der Waals surface area contributed by atoms with Gasteiger partial charge in [0.25, 0.3) is 0 Å². The number of unbranched alkanes of at least 4 members (excludes halogenated alkanes) is 3. The molecule has 0 aliphatic rings. The quantitative estimate of drug-likeness (QED) is 0.569. The summed E-state index contributed by atoms with van der Waals surface area (Å²) in [4.78, 5) is 9.48. The largest absolute Gasteiger partial charge is 0.367 e. The molecule has 0 amide bonds. The molecule has 0 saturated heterocycles. The summed E-state index contributed by atoms with van der Waals surface area (Å²) < 4.78 is 0. The summed E-state index contributed by atoms with van der Waals surface area (Å²) in [6, 6.07) is 2.45. The first-order valence-corrected chi connectivity index (χ1v) is 8.13. The van der Waals surface area contributed by atoms with Gasteiger partial charge in [0.05, 0.1) is 5.39 Å². The van der Waals surface area contributed by atoms with E-state index in [4.69, 9.17) is 11.6 Å². The Bertz CT molecular complexity index is 526. The molecule has 0 fully saturated rings. The van der Waals surface area contributed by atoms with Crippen LogP contribution in [0.4, 0.5) is 5.82 Å². The summed E-state index contributed by atoms with van der Waals surface area (Å²) in [5.74, 6) is 0.860. The first kappa shape index (κ1) is 14.5. The summed E-state index contributed by atoms with van der Waals surface area (Å²) in [5, 5.41) is 6.86. The normalized spacial score (nSPS) is 12.8. The van der Waals surface area contributed by atoms with Crippen LogP contribution in [0.3, 0.4) is 0 Å². The molecule has 2 rings (SSSR count). The number of hydrogen-bond acceptors (Lipinski definition) is 4. The Morgan fingerprint density at radius 3 is 2.95 bits per heavy atom. The maximum Gasteiger partial charge on any atom is 0.225 e. The lowest BCUT2D eigenvalue weighted by molar-refractivity contribution is 0.593. The predicted octanol–water partition coefficient (Wildman–Crippen LogP) is 5.12. The molecule has 0 aromatic carbocycles. The van der Waals surface area contributed by atoms with Gasteiger partial charge in [0.15, 0.2) is 0 Å². The maximum absolute atomic E-state index is 5.95. The van der Waals surface area contributed by atoms with E-state index in [-0.39, 0.29) is 0 Å². The molecule has 0 bridgehead atoms. The van der Waals surface area contributed by atoms with Gasteiger partial charge in [-0.15, -0.1) is 11.3 Å². The highest BCUT2D eigenvalue weighted by Gasteiger charge is 2.10. The Labute approximate surface area is 123 Å². The van der Waals surface area contributed by atoms with E-state index in [0.29, 0.717) is 11.3 Å². The van der Waals surface area contributed by atoms with E-state index in [1.165, 1.54) is 25.7 Å². The maximum atomic E-state index is 5.95. The van der Waals surface area contributed by atoms with Gasteiger partial charge >= 0.3 is 0 Å². The highest BCUT2D eigenvalue weighted by Crippen LogP contribution is 2.27. The Morgan fingerprint density at radius 1 is 1.32 bits per heavy atom. The third-order valence-electron chi connectivity index (χ3n) is 3.17. The number of hydrogen-bond donors (Lipinski definition) is 1. The van der Waals surface area contributed by atoms with E-state index in [1.54, 1.807) is 11.3 Å². The monoisotopic (exact) mass is 297 g/mol. The summed E-state index contributed by atoms with van der Waals surface area (Å²) in [7, 11) is 0. The molecule has 0 saturated carbocycles. The Balaban J connectivity index is 1.98. The summed E-state index contributed by atoms with van der Waals surface area (Å²) in [6.45, 7) is 4.43. The van der Waals surface area contributed by atoms with Crippen molar-refractivity contribution >= 4 is 39.0 Å². The fourth-order valence-corrected chi connectivity index (χ4v) is 3.11. The van der Waals surface area contributed by atoms with Crippen LogP contribution >= 0.6 is 22.9 Å². The summed E-state index contributed by atoms with van der Waals surface area (Å²) in [6.07, 6.45) is 6.32. The van der Waals surface area contributed by atoms with Crippen molar-refractivity contribution < 1.29 is 0 Å². The number of aromatic nitrogens is 2. The predicted molar refractivity (Wildman–Crippen MR) is 84.3 cm³/mol. The van der Waals surface area contributed by atoms with E-state index in [0.717, 1.165) is 22.5 Å². The lowest BCUT2D eigenvalue weighted by Crippen LogP contribution is -2.16. The van der Waals surface area contributed by atoms with Crippen molar-refractivity contribution in [1.82, 2.24) is 9.97 Å². The van der Waals surface area contributed by atoms with E-state index >= 15 is 0 Å². The zero-order valence-corrected chi connectivity index (χ0v) is 13.0. The van der Waals surface area contributed by atoms with E-state index in [2.05, 4.69) is 29.1 Å². The average molecular weight is 298 g/mol. The van der Waals surface area contributed by atoms with Gasteiger partial charge < -0.3 is 5.32 Å². The fraction of sp³-hybridized carbons (Fsp3) is 0.571. The molecule has 1 atom stereocenters. The second kappa shape index (κ2) is 7.06. The number of rotatable bonds is 7. The third-order valence-corrected chi connectivity index (χ3v) is 4.15. The minimum atomic E-state index is 0.315. The number of nitrogens with one attached hydrogen (secondary N) is 1. The van der Waals surface area contributed by atoms with Gasteiger partial charge in [-0.2, -0.15) is 0 Å². The zero-order chi connectivity index (χ0) is 13.7. The SMILES string of the molecule is CCCCCCC(C)Nc1nc(Cl)nc2sccc12. The second-order valence-electron chi connectivity index (χ2n) is 4.88. The molecule has 19 heavy (non-hydrogen) atoms. The van der Waals surface area contributed by atoms with Gasteiger partial charge in [-0.1, -0.05) is 32.6 Å². The molecule has 104 valence electrons. The van der Waals surface area contributed by atoms with Crippen LogP contribution in [-0.2, 0) is 0 Å². The van der Waals surface area contributed by atoms with Crippen molar-refractivity contribution in [3.05, 3.63) is 16.7 Å². The van der Waals surface area contributed by atoms with Crippen LogP contribution in [0.15, 0.2) is 11.4 Å². The molecule has 1 unspecified atom stereocenters. The number of fused-ring (bicyclic) bond motifs is 1. The third kappa shape index (κ3) is 4.05. The number of halogens is 1. The van der Waals surface area contributed by atoms with Crippen LogP contribution in [0.1, 0.15) is 46.0 Å². The first-order chi connectivity index (χ1) is 9.20. The minimum absolute atomic E-state index is 0.315. The van der Waals surface area contributed by atoms with Crippen molar-refractivity contribution in [3.63, 3.8) is 0 Å². The zero-order valence-electron chi connectivity index (χ0n) is 11.4. The fourth-order valence-electron chi connectivity index (χ4n) is 2.12. The van der Waals surface area contributed by atoms with Crippen LogP contribution in [0.5, 0.6) is 0 Å². The Hall–Kier alpha value is -0.870. The molecule has 0 aliphatic carbocycles. The molecule has 0 radical (unpaired) electrons. The van der Waals surface area contributed by atoms with Crippen LogP contribution in [0.2, 0.25) is 5.28 Å². The summed E-state index contributed by atoms with van der Waals surface area (Å²) >= 11 is 7.55. The van der Waals surface area contributed by atoms with Gasteiger partial charge in [-0.25, -0.2) is 9.97 Å². The molecular weight excluding hydrogens is 278 g/mol. The number of nitrogens with zero attached hydrogens (tertiary/aromatic N) is 2. The highest BCUT2D eigenvalue weighted by molar-refractivity contribution is 7.16. The van der Waals surface area contributed by atoms with Crippen LogP contribution in [-0.4, -0.2) is 16.0 Å². The van der Waals surface area contributed by atoms with Gasteiger partial charge in [0.2, 0.25) is 5.28 Å². The lowest BCUT2D eigenvalue weighted by atomic mass is 10.1. The highest BCUT2D eigenvalue weighted by atomic mass is 35.5. The van der Waals surface area contributed by atoms with Crippen LogP contribution in [0.25, 0.3) is 10.2 Å². The number of thiophene rings is 1. The Kier molecular flexibility index (Phi) is 5.40. The Morgan fingerprint density at radius 2 is 2.16 bits per heavy atom. The molecule has 2 aromatic heterocycles. The molecule has 0 spiro atoms. The summed E-state index contributed by atoms with van der Waals surface area (Å²) in [5.41, 5.74) is 0. The standard InChI is InChI=1S/C14H20ClN3S/c1-3-4-5-6-7-10(2)16-12-11-8-9-19-13(11)18-14(15)17-12/h8-10H,3-7H2,1-2H3,(H,16,17,18). The molecule has 2 aromatic rings. The van der Waals surface area contributed by atoms with Gasteiger partial charge in [0.1, 0.15) is 10.6 Å². The van der Waals surface area contributed by atoms with E-state index in [9.17, 15) is 0 Å². The van der Waals surface area contributed by atoms with Crippen LogP contribution < -0.4 is 5.32 Å². The van der Waals surface area contributed by atoms with E-state index < -0.39 is 0 Å². The van der Waals surface area contributed by atoms with Crippen molar-refractivity contribution in [1.29, 1.82) is 0 Å². The molecule has 5 heteroatoms. The van der Waals surface area contributed by atoms with Crippen LogP contribution in [0, 0.1) is 0 Å². The molecular formula is C14H20ClN3S. The van der Waals surface area contributed by atoms with Crippen molar-refractivity contribution in [2.24, 2.45) is 0 Å².